The van der Waals surface area contributed by atoms with Gasteiger partial charge in [-0.1, -0.05) is 12.1 Å². The third-order valence-electron chi connectivity index (χ3n) is 9.88. The zero-order valence-corrected chi connectivity index (χ0v) is 22.4. The van der Waals surface area contributed by atoms with Crippen molar-refractivity contribution >= 4 is 34.7 Å². The lowest BCUT2D eigenvalue weighted by Crippen LogP contribution is -2.62. The molecule has 8 rings (SSSR count). The zero-order valence-electron chi connectivity index (χ0n) is 22.4. The largest absolute Gasteiger partial charge is 0.431 e. The van der Waals surface area contributed by atoms with Gasteiger partial charge in [0.05, 0.1) is 17.9 Å². The van der Waals surface area contributed by atoms with E-state index < -0.39 is 6.09 Å². The van der Waals surface area contributed by atoms with Gasteiger partial charge >= 0.3 is 6.09 Å². The summed E-state index contributed by atoms with van der Waals surface area (Å²) in [7, 11) is 0. The average Bonchev–Trinajstić information content (AvgIpc) is 2.95. The number of hydrogen-bond donors (Lipinski definition) is 3. The third-order valence-corrected chi connectivity index (χ3v) is 9.88. The smallest absolute Gasteiger partial charge is 0.369 e. The van der Waals surface area contributed by atoms with Crippen LogP contribution in [-0.4, -0.2) is 57.3 Å². The number of benzene rings is 2. The van der Waals surface area contributed by atoms with Crippen molar-refractivity contribution in [2.24, 2.45) is 28.9 Å². The Hall–Kier alpha value is -3.46. The highest BCUT2D eigenvalue weighted by Crippen LogP contribution is 2.60. The maximum absolute atomic E-state index is 13.2. The normalized spacial score (nSPS) is 31.1. The molecule has 5 fully saturated rings. The minimum absolute atomic E-state index is 0.0484. The third kappa shape index (κ3) is 4.36. The second-order valence-corrected chi connectivity index (χ2v) is 12.2. The van der Waals surface area contributed by atoms with Crippen molar-refractivity contribution in [3.63, 3.8) is 0 Å². The van der Waals surface area contributed by atoms with Gasteiger partial charge in [-0.25, -0.2) is 9.86 Å². The van der Waals surface area contributed by atoms with Gasteiger partial charge in [-0.05, 0) is 86.3 Å². The first-order chi connectivity index (χ1) is 19.0. The van der Waals surface area contributed by atoms with Gasteiger partial charge < -0.3 is 31.0 Å². The van der Waals surface area contributed by atoms with Crippen molar-refractivity contribution in [3.8, 4) is 0 Å². The van der Waals surface area contributed by atoms with Crippen LogP contribution in [0, 0.1) is 23.2 Å². The van der Waals surface area contributed by atoms with Gasteiger partial charge in [-0.2, -0.15) is 0 Å². The molecule has 2 aliphatic heterocycles. The molecule has 4 saturated carbocycles. The molecule has 3 unspecified atom stereocenters. The monoisotopic (exact) mass is 530 g/mol. The molecule has 0 aromatic heterocycles. The SMILES string of the molecule is NC(=O)C12CC3C[C@H](C1)C(NC(=O)ON1CCN(c4ccc(N5CCNCC5)cc4)c4ccccc41)[C@@H](C3)C2. The van der Waals surface area contributed by atoms with Crippen LogP contribution < -0.4 is 31.2 Å². The van der Waals surface area contributed by atoms with E-state index in [0.29, 0.717) is 30.8 Å². The average molecular weight is 531 g/mol. The molecule has 2 aromatic carbocycles. The van der Waals surface area contributed by atoms with Gasteiger partial charge in [0.1, 0.15) is 0 Å². The van der Waals surface area contributed by atoms with Crippen LogP contribution in [0.4, 0.5) is 27.5 Å². The summed E-state index contributed by atoms with van der Waals surface area (Å²) in [6, 6.07) is 16.9. The Labute approximate surface area is 229 Å². The number of nitrogens with one attached hydrogen (secondary N) is 2. The quantitative estimate of drug-likeness (QED) is 0.545. The number of rotatable bonds is 5. The number of hydroxylamine groups is 1. The van der Waals surface area contributed by atoms with Gasteiger partial charge in [0.2, 0.25) is 5.91 Å². The number of para-hydroxylation sites is 2. The van der Waals surface area contributed by atoms with E-state index in [1.807, 2.05) is 18.2 Å². The molecule has 4 aliphatic carbocycles. The van der Waals surface area contributed by atoms with Crippen LogP contribution in [0.3, 0.4) is 0 Å². The van der Waals surface area contributed by atoms with Crippen LogP contribution in [0.1, 0.15) is 32.1 Å². The molecular formula is C30H38N6O3. The summed E-state index contributed by atoms with van der Waals surface area (Å²) in [6.07, 6.45) is 4.21. The second-order valence-electron chi connectivity index (χ2n) is 12.2. The molecule has 2 heterocycles. The van der Waals surface area contributed by atoms with E-state index in [-0.39, 0.29) is 17.4 Å². The van der Waals surface area contributed by atoms with Crippen molar-refractivity contribution in [2.75, 3.05) is 54.1 Å². The lowest BCUT2D eigenvalue weighted by atomic mass is 9.47. The summed E-state index contributed by atoms with van der Waals surface area (Å²) >= 11 is 0. The molecule has 4 bridgehead atoms. The van der Waals surface area contributed by atoms with Crippen molar-refractivity contribution in [2.45, 2.75) is 38.1 Å². The van der Waals surface area contributed by atoms with Crippen molar-refractivity contribution in [3.05, 3.63) is 48.5 Å². The van der Waals surface area contributed by atoms with E-state index >= 15 is 0 Å². The number of amides is 2. The first-order valence-corrected chi connectivity index (χ1v) is 14.5. The van der Waals surface area contributed by atoms with Crippen LogP contribution in [0.5, 0.6) is 0 Å². The predicted octanol–water partition coefficient (Wildman–Crippen LogP) is 3.38. The Morgan fingerprint density at radius 2 is 1.54 bits per heavy atom. The van der Waals surface area contributed by atoms with Crippen LogP contribution >= 0.6 is 0 Å². The van der Waals surface area contributed by atoms with Crippen LogP contribution in [0.15, 0.2) is 48.5 Å². The van der Waals surface area contributed by atoms with E-state index in [9.17, 15) is 9.59 Å². The highest BCUT2D eigenvalue weighted by molar-refractivity contribution is 5.82. The molecule has 5 atom stereocenters. The maximum Gasteiger partial charge on any atom is 0.431 e. The number of nitrogens with zero attached hydrogens (tertiary/aromatic N) is 3. The molecule has 9 heteroatoms. The molecule has 0 radical (unpaired) electrons. The number of carbonyl (C=O) groups is 2. The Kier molecular flexibility index (Phi) is 6.06. The standard InChI is InChI=1S/C30H38N6O3/c31-28(37)30-17-20-15-21(18-30)27(22(16-20)19-30)33-29(38)39-36-14-13-35(25-3-1-2-4-26(25)36)24-7-5-23(6-8-24)34-11-9-32-10-12-34/h1-8,20-22,27,32H,9-19H2,(H2,31,37)(H,33,38)/t20?,21-,22+,27?,30?. The molecular weight excluding hydrogens is 492 g/mol. The summed E-state index contributed by atoms with van der Waals surface area (Å²) in [5.74, 6) is 0.986. The number of anilines is 4. The van der Waals surface area contributed by atoms with E-state index in [2.05, 4.69) is 50.8 Å². The van der Waals surface area contributed by atoms with E-state index in [0.717, 1.165) is 75.3 Å². The molecule has 206 valence electrons. The van der Waals surface area contributed by atoms with Gasteiger partial charge in [0.25, 0.3) is 0 Å². The number of carbonyl (C=O) groups excluding carboxylic acids is 2. The van der Waals surface area contributed by atoms with Gasteiger partial charge in [-0.15, -0.1) is 0 Å². The summed E-state index contributed by atoms with van der Waals surface area (Å²) in [4.78, 5) is 36.1. The summed E-state index contributed by atoms with van der Waals surface area (Å²) in [6.45, 7) is 5.34. The van der Waals surface area contributed by atoms with Crippen molar-refractivity contribution in [1.82, 2.24) is 10.6 Å². The lowest BCUT2D eigenvalue weighted by Gasteiger charge is -2.58. The summed E-state index contributed by atoms with van der Waals surface area (Å²) in [5, 5.41) is 8.32. The molecule has 39 heavy (non-hydrogen) atoms. The Bertz CT molecular complexity index is 1230. The second kappa shape index (κ2) is 9.62. The molecule has 6 aliphatic rings. The maximum atomic E-state index is 13.2. The van der Waals surface area contributed by atoms with Crippen molar-refractivity contribution in [1.29, 1.82) is 0 Å². The first-order valence-electron chi connectivity index (χ1n) is 14.5. The lowest BCUT2D eigenvalue weighted by molar-refractivity contribution is -0.145. The molecule has 9 nitrogen and oxygen atoms in total. The van der Waals surface area contributed by atoms with E-state index in [4.69, 9.17) is 10.6 Å². The van der Waals surface area contributed by atoms with Gasteiger partial charge in [0.15, 0.2) is 0 Å². The number of nitrogens with two attached hydrogens (primary N) is 1. The zero-order chi connectivity index (χ0) is 26.6. The minimum atomic E-state index is -0.413. The number of fused-ring (bicyclic) bond motifs is 1. The molecule has 4 N–H and O–H groups in total. The fraction of sp³-hybridized carbons (Fsp3) is 0.533. The molecule has 2 aromatic rings. The fourth-order valence-electron chi connectivity index (χ4n) is 8.29. The summed E-state index contributed by atoms with van der Waals surface area (Å²) in [5.41, 5.74) is 9.74. The molecule has 0 spiro atoms. The molecule has 1 saturated heterocycles. The Morgan fingerprint density at radius 1 is 0.872 bits per heavy atom. The van der Waals surface area contributed by atoms with E-state index in [1.54, 1.807) is 5.06 Å². The van der Waals surface area contributed by atoms with Crippen molar-refractivity contribution < 1.29 is 14.4 Å². The number of piperazine rings is 1. The summed E-state index contributed by atoms with van der Waals surface area (Å²) < 4.78 is 0. The van der Waals surface area contributed by atoms with Crippen LogP contribution in [0.2, 0.25) is 0 Å². The van der Waals surface area contributed by atoms with E-state index in [1.165, 1.54) is 5.69 Å². The Balaban J connectivity index is 1.03. The predicted molar refractivity (Wildman–Crippen MR) is 151 cm³/mol. The minimum Gasteiger partial charge on any atom is -0.369 e. The first kappa shape index (κ1) is 24.6. The van der Waals surface area contributed by atoms with Crippen LogP contribution in [0.25, 0.3) is 0 Å². The van der Waals surface area contributed by atoms with Gasteiger partial charge in [-0.3, -0.25) is 4.79 Å². The Morgan fingerprint density at radius 3 is 2.23 bits per heavy atom. The highest BCUT2D eigenvalue weighted by Gasteiger charge is 2.58. The van der Waals surface area contributed by atoms with Crippen LogP contribution in [-0.2, 0) is 9.63 Å². The topological polar surface area (TPSA) is 103 Å². The molecule has 2 amide bonds. The van der Waals surface area contributed by atoms with Gasteiger partial charge in [0, 0.05) is 55.6 Å². The number of primary amides is 1. The fourth-order valence-corrected chi connectivity index (χ4v) is 8.29. The highest BCUT2D eigenvalue weighted by atomic mass is 16.7. The number of hydrogen-bond acceptors (Lipinski definition) is 7.